The highest BCUT2D eigenvalue weighted by Gasteiger charge is 2.30. The first-order valence-electron chi connectivity index (χ1n) is 9.71. The summed E-state index contributed by atoms with van der Waals surface area (Å²) in [4.78, 5) is 2.35. The number of hydrogen-bond donors (Lipinski definition) is 1. The zero-order chi connectivity index (χ0) is 21.4. The van der Waals surface area contributed by atoms with Crippen molar-refractivity contribution in [3.63, 3.8) is 0 Å². The van der Waals surface area contributed by atoms with Gasteiger partial charge in [0.1, 0.15) is 11.5 Å². The van der Waals surface area contributed by atoms with Crippen molar-refractivity contribution in [3.05, 3.63) is 57.4 Å². The van der Waals surface area contributed by atoms with Crippen LogP contribution in [0, 0.1) is 18.7 Å². The van der Waals surface area contributed by atoms with Crippen LogP contribution in [0.5, 0.6) is 11.5 Å². The summed E-state index contributed by atoms with van der Waals surface area (Å²) >= 11 is 5.40. The monoisotopic (exact) mass is 427 g/mol. The van der Waals surface area contributed by atoms with Gasteiger partial charge in [-0.25, -0.2) is 4.68 Å². The summed E-state index contributed by atoms with van der Waals surface area (Å²) in [7, 11) is 3.22. The highest BCUT2D eigenvalue weighted by atomic mass is 32.1. The molecule has 0 bridgehead atoms. The van der Waals surface area contributed by atoms with Crippen LogP contribution in [0.4, 0.5) is 0 Å². The summed E-state index contributed by atoms with van der Waals surface area (Å²) < 4.78 is 18.3. The van der Waals surface area contributed by atoms with Crippen LogP contribution in [-0.4, -0.2) is 40.6 Å². The quantitative estimate of drug-likeness (QED) is 0.617. The van der Waals surface area contributed by atoms with Crippen LogP contribution < -0.4 is 9.47 Å². The van der Waals surface area contributed by atoms with Crippen LogP contribution in [0.3, 0.4) is 0 Å². The van der Waals surface area contributed by atoms with Gasteiger partial charge in [-0.05, 0) is 61.5 Å². The number of ether oxygens (including phenoxy) is 2. The number of rotatable bonds is 5. The van der Waals surface area contributed by atoms with Crippen molar-refractivity contribution in [2.24, 2.45) is 0 Å². The normalized spacial score (nSPS) is 16.4. The topological polar surface area (TPSA) is 72.9 Å². The van der Waals surface area contributed by atoms with E-state index in [4.69, 9.17) is 26.1 Å². The zero-order valence-electron chi connectivity index (χ0n) is 17.5. The molecule has 4 rings (SSSR count). The smallest absolute Gasteiger partial charge is 0.288 e. The van der Waals surface area contributed by atoms with Gasteiger partial charge in [-0.2, -0.15) is 0 Å². The van der Waals surface area contributed by atoms with E-state index in [1.807, 2.05) is 30.3 Å². The maximum Gasteiger partial charge on any atom is 0.288 e. The highest BCUT2D eigenvalue weighted by molar-refractivity contribution is 7.71. The van der Waals surface area contributed by atoms with Crippen molar-refractivity contribution in [1.82, 2.24) is 14.7 Å². The first kappa shape index (κ1) is 20.6. The molecule has 3 aromatic rings. The number of fused-ring (bicyclic) bond motifs is 1. The van der Waals surface area contributed by atoms with E-state index in [1.54, 1.807) is 18.9 Å². The van der Waals surface area contributed by atoms with Crippen LogP contribution in [0.25, 0.3) is 11.5 Å². The molecule has 0 spiro atoms. The van der Waals surface area contributed by atoms with Crippen LogP contribution in [-0.2, 0) is 13.2 Å². The summed E-state index contributed by atoms with van der Waals surface area (Å²) in [6.45, 7) is 5.50. The zero-order valence-corrected chi connectivity index (χ0v) is 18.3. The van der Waals surface area contributed by atoms with Gasteiger partial charge in [0, 0.05) is 29.8 Å². The second kappa shape index (κ2) is 8.22. The van der Waals surface area contributed by atoms with Crippen LogP contribution in [0.15, 0.2) is 34.7 Å². The Hall–Kier alpha value is -2.68. The second-order valence-corrected chi connectivity index (χ2v) is 7.85. The minimum Gasteiger partial charge on any atom is -0.496 e. The molecule has 0 aliphatic carbocycles. The van der Waals surface area contributed by atoms with E-state index >= 15 is 0 Å². The Labute approximate surface area is 180 Å². The molecule has 30 heavy (non-hydrogen) atoms. The number of hydrogen-bond acceptors (Lipinski definition) is 7. The Morgan fingerprint density at radius 1 is 1.13 bits per heavy atom. The molecule has 1 aliphatic heterocycles. The molecule has 2 aromatic carbocycles. The van der Waals surface area contributed by atoms with Crippen molar-refractivity contribution < 1.29 is 19.0 Å². The molecule has 1 atom stereocenters. The SMILES string of the molecule is COc1ccc(OC)c2c1CN(Cn1nc(-c3ccc(C)c(C)c3)oc1=S)CC2O. The third kappa shape index (κ3) is 3.74. The van der Waals surface area contributed by atoms with Crippen molar-refractivity contribution >= 4 is 12.2 Å². The Bertz CT molecular complexity index is 1140. The minimum atomic E-state index is -0.709. The number of aryl methyl sites for hydroxylation is 2. The maximum absolute atomic E-state index is 10.8. The molecule has 0 amide bonds. The molecule has 0 saturated carbocycles. The molecule has 1 aliphatic rings. The van der Waals surface area contributed by atoms with Gasteiger partial charge < -0.3 is 19.0 Å². The van der Waals surface area contributed by atoms with E-state index in [0.717, 1.165) is 16.7 Å². The molecule has 0 saturated heterocycles. The van der Waals surface area contributed by atoms with Crippen molar-refractivity contribution in [2.45, 2.75) is 33.2 Å². The number of aliphatic hydroxyl groups is 1. The highest BCUT2D eigenvalue weighted by Crippen LogP contribution is 2.39. The molecule has 1 N–H and O–H groups in total. The first-order valence-corrected chi connectivity index (χ1v) is 10.1. The van der Waals surface area contributed by atoms with Crippen molar-refractivity contribution in [2.75, 3.05) is 20.8 Å². The number of methoxy groups -OCH3 is 2. The number of β-amino-alcohol motifs (C(OH)–C–C–N with tert-alkyl or cyclic N) is 1. The largest absolute Gasteiger partial charge is 0.496 e. The fraction of sp³-hybridized carbons (Fsp3) is 0.364. The predicted molar refractivity (Wildman–Crippen MR) is 115 cm³/mol. The van der Waals surface area contributed by atoms with Gasteiger partial charge in [0.25, 0.3) is 4.84 Å². The molecule has 0 radical (unpaired) electrons. The van der Waals surface area contributed by atoms with Gasteiger partial charge >= 0.3 is 0 Å². The first-order chi connectivity index (χ1) is 14.4. The molecule has 2 heterocycles. The molecule has 0 fully saturated rings. The number of aromatic nitrogens is 2. The van der Waals surface area contributed by atoms with Gasteiger partial charge in [-0.15, -0.1) is 5.10 Å². The molecular weight excluding hydrogens is 402 g/mol. The second-order valence-electron chi connectivity index (χ2n) is 7.50. The van der Waals surface area contributed by atoms with E-state index in [-0.39, 0.29) is 0 Å². The van der Waals surface area contributed by atoms with E-state index in [0.29, 0.717) is 42.0 Å². The van der Waals surface area contributed by atoms with Gasteiger partial charge in [0.05, 0.1) is 27.0 Å². The summed E-state index contributed by atoms with van der Waals surface area (Å²) in [5.41, 5.74) is 4.94. The lowest BCUT2D eigenvalue weighted by Gasteiger charge is -2.33. The van der Waals surface area contributed by atoms with Gasteiger partial charge in [0.15, 0.2) is 0 Å². The Morgan fingerprint density at radius 2 is 1.87 bits per heavy atom. The average Bonchev–Trinajstić information content (AvgIpc) is 3.09. The third-order valence-electron chi connectivity index (χ3n) is 5.55. The lowest BCUT2D eigenvalue weighted by molar-refractivity contribution is 0.0665. The summed E-state index contributed by atoms with van der Waals surface area (Å²) in [5, 5.41) is 15.4. The number of aliphatic hydroxyl groups excluding tert-OH is 1. The third-order valence-corrected chi connectivity index (χ3v) is 5.85. The number of benzene rings is 2. The van der Waals surface area contributed by atoms with E-state index < -0.39 is 6.10 Å². The Balaban J connectivity index is 1.61. The predicted octanol–water partition coefficient (Wildman–Crippen LogP) is 4.01. The Kier molecular flexibility index (Phi) is 5.64. The van der Waals surface area contributed by atoms with Crippen LogP contribution >= 0.6 is 12.2 Å². The van der Waals surface area contributed by atoms with E-state index in [9.17, 15) is 5.11 Å². The lowest BCUT2D eigenvalue weighted by Crippen LogP contribution is -2.35. The van der Waals surface area contributed by atoms with Gasteiger partial charge in [0.2, 0.25) is 5.89 Å². The fourth-order valence-corrected chi connectivity index (χ4v) is 4.01. The molecule has 1 aromatic heterocycles. The van der Waals surface area contributed by atoms with Gasteiger partial charge in [-0.1, -0.05) is 6.07 Å². The van der Waals surface area contributed by atoms with Gasteiger partial charge in [-0.3, -0.25) is 4.90 Å². The minimum absolute atomic E-state index is 0.293. The standard InChI is InChI=1S/C22H25N3O4S/c1-13-5-6-15(9-14(13)2)21-23-25(22(30)29-21)12-24-10-16-18(27-3)7-8-19(28-4)20(16)17(26)11-24/h5-9,17,26H,10-12H2,1-4H3. The number of nitrogens with zero attached hydrogens (tertiary/aromatic N) is 3. The maximum atomic E-state index is 10.8. The van der Waals surface area contributed by atoms with Crippen molar-refractivity contribution in [1.29, 1.82) is 0 Å². The Morgan fingerprint density at radius 3 is 2.57 bits per heavy atom. The molecule has 158 valence electrons. The lowest BCUT2D eigenvalue weighted by atomic mass is 9.95. The van der Waals surface area contributed by atoms with Crippen LogP contribution in [0.2, 0.25) is 0 Å². The average molecular weight is 428 g/mol. The fourth-order valence-electron chi connectivity index (χ4n) is 3.83. The molecule has 8 heteroatoms. The van der Waals surface area contributed by atoms with Crippen molar-refractivity contribution in [3.8, 4) is 23.0 Å². The summed E-state index contributed by atoms with van der Waals surface area (Å²) in [6.07, 6.45) is -0.709. The van der Waals surface area contributed by atoms with E-state index in [1.165, 1.54) is 11.1 Å². The molecular formula is C22H25N3O4S. The molecule has 1 unspecified atom stereocenters. The summed E-state index contributed by atoms with van der Waals surface area (Å²) in [6, 6.07) is 9.73. The van der Waals surface area contributed by atoms with Crippen LogP contribution in [0.1, 0.15) is 28.4 Å². The molecule has 7 nitrogen and oxygen atoms in total. The summed E-state index contributed by atoms with van der Waals surface area (Å²) in [5.74, 6) is 1.86. The van der Waals surface area contributed by atoms with E-state index in [2.05, 4.69) is 23.8 Å².